The van der Waals surface area contributed by atoms with Gasteiger partial charge in [-0.05, 0) is 42.8 Å². The fourth-order valence-electron chi connectivity index (χ4n) is 1.68. The lowest BCUT2D eigenvalue weighted by molar-refractivity contribution is 0.560. The van der Waals surface area contributed by atoms with E-state index in [0.717, 1.165) is 27.3 Å². The number of aromatic nitrogens is 1. The Kier molecular flexibility index (Phi) is 4.75. The van der Waals surface area contributed by atoms with E-state index in [4.69, 9.17) is 11.6 Å². The molecule has 0 aliphatic rings. The molecule has 4 heteroatoms. The first kappa shape index (κ1) is 13.5. The first-order chi connectivity index (χ1) is 8.66. The van der Waals surface area contributed by atoms with Crippen molar-refractivity contribution in [3.63, 3.8) is 0 Å². The van der Waals surface area contributed by atoms with E-state index in [0.29, 0.717) is 0 Å². The van der Waals surface area contributed by atoms with Crippen LogP contribution in [0.25, 0.3) is 0 Å². The van der Waals surface area contributed by atoms with Crippen LogP contribution in [0.3, 0.4) is 0 Å². The van der Waals surface area contributed by atoms with Crippen LogP contribution in [0.2, 0.25) is 5.02 Å². The van der Waals surface area contributed by atoms with Gasteiger partial charge in [-0.1, -0.05) is 33.6 Å². The predicted molar refractivity (Wildman–Crippen MR) is 78.6 cm³/mol. The summed E-state index contributed by atoms with van der Waals surface area (Å²) in [6.45, 7) is 2.85. The standard InChI is InChI=1S/C14H14BrClN2/c1-10(14-4-2-3-7-17-14)18-9-11-8-12(16)5-6-13(11)15/h2-8,10,18H,9H2,1H3/t10-/m0/s1. The lowest BCUT2D eigenvalue weighted by Gasteiger charge is -2.14. The number of halogens is 2. The van der Waals surface area contributed by atoms with Crippen LogP contribution in [-0.4, -0.2) is 4.98 Å². The molecule has 0 saturated carbocycles. The highest BCUT2D eigenvalue weighted by Gasteiger charge is 2.07. The van der Waals surface area contributed by atoms with Crippen molar-refractivity contribution in [2.24, 2.45) is 0 Å². The van der Waals surface area contributed by atoms with Crippen LogP contribution in [0.5, 0.6) is 0 Å². The minimum atomic E-state index is 0.206. The summed E-state index contributed by atoms with van der Waals surface area (Å²) in [5.41, 5.74) is 2.18. The zero-order valence-corrected chi connectivity index (χ0v) is 12.4. The Bertz CT molecular complexity index is 516. The molecular formula is C14H14BrClN2. The van der Waals surface area contributed by atoms with Crippen LogP contribution < -0.4 is 5.32 Å². The van der Waals surface area contributed by atoms with E-state index >= 15 is 0 Å². The third kappa shape index (κ3) is 3.55. The number of nitrogens with zero attached hydrogens (tertiary/aromatic N) is 1. The van der Waals surface area contributed by atoms with Crippen molar-refractivity contribution in [1.82, 2.24) is 10.3 Å². The van der Waals surface area contributed by atoms with Gasteiger partial charge in [0.1, 0.15) is 0 Å². The smallest absolute Gasteiger partial charge is 0.0570 e. The van der Waals surface area contributed by atoms with Gasteiger partial charge in [0.05, 0.1) is 5.69 Å². The maximum Gasteiger partial charge on any atom is 0.0570 e. The van der Waals surface area contributed by atoms with Gasteiger partial charge in [-0.3, -0.25) is 4.98 Å². The normalized spacial score (nSPS) is 12.4. The molecule has 0 fully saturated rings. The Morgan fingerprint density at radius 2 is 2.17 bits per heavy atom. The van der Waals surface area contributed by atoms with Gasteiger partial charge in [0.25, 0.3) is 0 Å². The first-order valence-corrected chi connectivity index (χ1v) is 6.92. The first-order valence-electron chi connectivity index (χ1n) is 5.75. The number of nitrogens with one attached hydrogen (secondary N) is 1. The summed E-state index contributed by atoms with van der Waals surface area (Å²) < 4.78 is 1.06. The number of hydrogen-bond acceptors (Lipinski definition) is 2. The Hall–Kier alpha value is -0.900. The third-order valence-electron chi connectivity index (χ3n) is 2.74. The molecule has 0 saturated heterocycles. The zero-order chi connectivity index (χ0) is 13.0. The van der Waals surface area contributed by atoms with Crippen LogP contribution in [0.1, 0.15) is 24.2 Å². The van der Waals surface area contributed by atoms with Crippen molar-refractivity contribution < 1.29 is 0 Å². The summed E-state index contributed by atoms with van der Waals surface area (Å²) in [6.07, 6.45) is 1.81. The second-order valence-electron chi connectivity index (χ2n) is 4.09. The lowest BCUT2D eigenvalue weighted by Crippen LogP contribution is -2.19. The highest BCUT2D eigenvalue weighted by atomic mass is 79.9. The zero-order valence-electron chi connectivity index (χ0n) is 10.0. The van der Waals surface area contributed by atoms with Crippen molar-refractivity contribution in [2.45, 2.75) is 19.5 Å². The van der Waals surface area contributed by atoms with E-state index in [9.17, 15) is 0 Å². The van der Waals surface area contributed by atoms with Crippen molar-refractivity contribution in [2.75, 3.05) is 0 Å². The highest BCUT2D eigenvalue weighted by Crippen LogP contribution is 2.21. The molecule has 2 aromatic rings. The molecule has 2 nitrogen and oxygen atoms in total. The molecule has 0 aliphatic carbocycles. The minimum Gasteiger partial charge on any atom is -0.305 e. The molecule has 0 unspecified atom stereocenters. The average Bonchev–Trinajstić information content (AvgIpc) is 2.40. The van der Waals surface area contributed by atoms with Gasteiger partial charge >= 0.3 is 0 Å². The van der Waals surface area contributed by atoms with Crippen molar-refractivity contribution in [3.8, 4) is 0 Å². The highest BCUT2D eigenvalue weighted by molar-refractivity contribution is 9.10. The van der Waals surface area contributed by atoms with E-state index in [-0.39, 0.29) is 6.04 Å². The summed E-state index contributed by atoms with van der Waals surface area (Å²) in [5.74, 6) is 0. The van der Waals surface area contributed by atoms with Crippen LogP contribution in [0.15, 0.2) is 47.1 Å². The summed E-state index contributed by atoms with van der Waals surface area (Å²) >= 11 is 9.51. The van der Waals surface area contributed by atoms with Gasteiger partial charge in [-0.2, -0.15) is 0 Å². The molecule has 0 amide bonds. The number of hydrogen-bond donors (Lipinski definition) is 1. The molecule has 94 valence electrons. The fraction of sp³-hybridized carbons (Fsp3) is 0.214. The van der Waals surface area contributed by atoms with Gasteiger partial charge in [-0.25, -0.2) is 0 Å². The third-order valence-corrected chi connectivity index (χ3v) is 3.75. The predicted octanol–water partition coefficient (Wildman–Crippen LogP) is 4.35. The molecule has 1 N–H and O–H groups in total. The Morgan fingerprint density at radius 3 is 2.89 bits per heavy atom. The Morgan fingerprint density at radius 1 is 1.33 bits per heavy atom. The van der Waals surface area contributed by atoms with Gasteiger partial charge in [-0.15, -0.1) is 0 Å². The van der Waals surface area contributed by atoms with Gasteiger partial charge < -0.3 is 5.32 Å². The SMILES string of the molecule is C[C@H](NCc1cc(Cl)ccc1Br)c1ccccn1. The fourth-order valence-corrected chi connectivity index (χ4v) is 2.26. The van der Waals surface area contributed by atoms with E-state index < -0.39 is 0 Å². The molecule has 1 atom stereocenters. The molecular weight excluding hydrogens is 312 g/mol. The number of pyridine rings is 1. The summed E-state index contributed by atoms with van der Waals surface area (Å²) in [5, 5.41) is 4.18. The molecule has 1 heterocycles. The number of benzene rings is 1. The largest absolute Gasteiger partial charge is 0.305 e. The summed E-state index contributed by atoms with van der Waals surface area (Å²) in [7, 11) is 0. The Labute approximate surface area is 121 Å². The Balaban J connectivity index is 2.01. The van der Waals surface area contributed by atoms with Gasteiger partial charge in [0.15, 0.2) is 0 Å². The van der Waals surface area contributed by atoms with E-state index in [1.54, 1.807) is 0 Å². The minimum absolute atomic E-state index is 0.206. The molecule has 0 aliphatic heterocycles. The van der Waals surface area contributed by atoms with Crippen molar-refractivity contribution in [1.29, 1.82) is 0 Å². The van der Waals surface area contributed by atoms with Crippen LogP contribution in [0, 0.1) is 0 Å². The van der Waals surface area contributed by atoms with Crippen molar-refractivity contribution >= 4 is 27.5 Å². The second-order valence-corrected chi connectivity index (χ2v) is 5.38. The summed E-state index contributed by atoms with van der Waals surface area (Å²) in [6, 6.07) is 11.9. The van der Waals surface area contributed by atoms with E-state index in [1.807, 2.05) is 42.6 Å². The van der Waals surface area contributed by atoms with E-state index in [1.165, 1.54) is 0 Å². The van der Waals surface area contributed by atoms with Gasteiger partial charge in [0.2, 0.25) is 0 Å². The maximum atomic E-state index is 5.99. The van der Waals surface area contributed by atoms with Gasteiger partial charge in [0, 0.05) is 28.3 Å². The molecule has 0 spiro atoms. The molecule has 0 bridgehead atoms. The molecule has 18 heavy (non-hydrogen) atoms. The van der Waals surface area contributed by atoms with Crippen LogP contribution >= 0.6 is 27.5 Å². The molecule has 1 aromatic carbocycles. The molecule has 2 rings (SSSR count). The van der Waals surface area contributed by atoms with Crippen LogP contribution in [-0.2, 0) is 6.54 Å². The quantitative estimate of drug-likeness (QED) is 0.904. The second kappa shape index (κ2) is 6.32. The average molecular weight is 326 g/mol. The van der Waals surface area contributed by atoms with Crippen molar-refractivity contribution in [3.05, 3.63) is 63.3 Å². The molecule has 0 radical (unpaired) electrons. The number of rotatable bonds is 4. The van der Waals surface area contributed by atoms with Crippen LogP contribution in [0.4, 0.5) is 0 Å². The maximum absolute atomic E-state index is 5.99. The lowest BCUT2D eigenvalue weighted by atomic mass is 10.2. The molecule has 1 aromatic heterocycles. The van der Waals surface area contributed by atoms with E-state index in [2.05, 4.69) is 33.2 Å². The topological polar surface area (TPSA) is 24.9 Å². The monoisotopic (exact) mass is 324 g/mol. The summed E-state index contributed by atoms with van der Waals surface area (Å²) in [4.78, 5) is 4.33.